The Morgan fingerprint density at radius 3 is 2.59 bits per heavy atom. The third-order valence-electron chi connectivity index (χ3n) is 9.77. The van der Waals surface area contributed by atoms with Crippen LogP contribution in [0, 0.1) is 34.5 Å². The van der Waals surface area contributed by atoms with Crippen LogP contribution in [-0.2, 0) is 14.3 Å². The predicted octanol–water partition coefficient (Wildman–Crippen LogP) is 7.20. The molecule has 32 heavy (non-hydrogen) atoms. The smallest absolute Gasteiger partial charge is 0.302 e. The second-order valence-corrected chi connectivity index (χ2v) is 12.3. The van der Waals surface area contributed by atoms with Crippen molar-refractivity contribution in [2.45, 2.75) is 112 Å². The summed E-state index contributed by atoms with van der Waals surface area (Å²) in [5, 5.41) is 0. The first-order valence-electron chi connectivity index (χ1n) is 13.2. The van der Waals surface area contributed by atoms with Gasteiger partial charge in [-0.05, 0) is 78.6 Å². The topological polar surface area (TPSA) is 43.4 Å². The summed E-state index contributed by atoms with van der Waals surface area (Å²) in [5.74, 6) is 2.62. The second-order valence-electron chi connectivity index (χ2n) is 12.3. The van der Waals surface area contributed by atoms with Crippen molar-refractivity contribution in [2.24, 2.45) is 34.5 Å². The Hall–Kier alpha value is -1.38. The van der Waals surface area contributed by atoms with Crippen molar-refractivity contribution in [3.8, 4) is 0 Å². The molecule has 0 aliphatic heterocycles. The lowest BCUT2D eigenvalue weighted by Crippen LogP contribution is -2.47. The van der Waals surface area contributed by atoms with Crippen LogP contribution in [0.1, 0.15) is 106 Å². The molecule has 0 unspecified atom stereocenters. The van der Waals surface area contributed by atoms with Crippen molar-refractivity contribution in [2.75, 3.05) is 0 Å². The number of hydrogen-bond acceptors (Lipinski definition) is 3. The number of carbonyl (C=O) groups is 2. The number of ether oxygens (including phenoxy) is 1. The van der Waals surface area contributed by atoms with Gasteiger partial charge in [-0.2, -0.15) is 0 Å². The molecule has 0 N–H and O–H groups in total. The zero-order chi connectivity index (χ0) is 23.3. The maximum absolute atomic E-state index is 13.6. The van der Waals surface area contributed by atoms with E-state index in [1.807, 2.05) is 0 Å². The third kappa shape index (κ3) is 4.03. The monoisotopic (exact) mass is 440 g/mol. The molecular formula is C29H44O3. The second kappa shape index (κ2) is 8.76. The van der Waals surface area contributed by atoms with Gasteiger partial charge in [0.15, 0.2) is 5.78 Å². The summed E-state index contributed by atoms with van der Waals surface area (Å²) in [4.78, 5) is 25.0. The fourth-order valence-electron chi connectivity index (χ4n) is 7.85. The summed E-state index contributed by atoms with van der Waals surface area (Å²) >= 11 is 0. The third-order valence-corrected chi connectivity index (χ3v) is 9.77. The average Bonchev–Trinajstić information content (AvgIpc) is 3.05. The van der Waals surface area contributed by atoms with Crippen molar-refractivity contribution in [3.63, 3.8) is 0 Å². The van der Waals surface area contributed by atoms with Crippen molar-refractivity contribution in [1.82, 2.24) is 0 Å². The van der Waals surface area contributed by atoms with Crippen molar-refractivity contribution in [1.29, 1.82) is 0 Å². The van der Waals surface area contributed by atoms with Crippen LogP contribution in [0.5, 0.6) is 0 Å². The van der Waals surface area contributed by atoms with E-state index in [1.165, 1.54) is 43.8 Å². The molecule has 6 atom stereocenters. The fraction of sp³-hybridized carbons (Fsp3) is 0.793. The van der Waals surface area contributed by atoms with Crippen LogP contribution < -0.4 is 0 Å². The van der Waals surface area contributed by atoms with E-state index in [4.69, 9.17) is 4.74 Å². The number of carbonyl (C=O) groups excluding carboxylic acids is 2. The van der Waals surface area contributed by atoms with Crippen LogP contribution in [0.2, 0.25) is 0 Å². The number of ketones is 1. The molecule has 0 aromatic carbocycles. The van der Waals surface area contributed by atoms with Gasteiger partial charge in [0.1, 0.15) is 6.10 Å². The lowest BCUT2D eigenvalue weighted by Gasteiger charge is -2.53. The molecule has 4 aliphatic carbocycles. The van der Waals surface area contributed by atoms with Crippen LogP contribution in [0.15, 0.2) is 22.8 Å². The zero-order valence-electron chi connectivity index (χ0n) is 21.3. The van der Waals surface area contributed by atoms with Crippen LogP contribution >= 0.6 is 0 Å². The summed E-state index contributed by atoms with van der Waals surface area (Å²) in [6, 6.07) is 0. The van der Waals surface area contributed by atoms with Gasteiger partial charge in [-0.25, -0.2) is 0 Å². The lowest BCUT2D eigenvalue weighted by atomic mass is 9.51. The highest BCUT2D eigenvalue weighted by atomic mass is 16.5. The van der Waals surface area contributed by atoms with Gasteiger partial charge in [0.05, 0.1) is 0 Å². The van der Waals surface area contributed by atoms with Gasteiger partial charge in [-0.3, -0.25) is 9.59 Å². The van der Waals surface area contributed by atoms with Crippen LogP contribution in [0.25, 0.3) is 0 Å². The fourth-order valence-corrected chi connectivity index (χ4v) is 7.85. The predicted molar refractivity (Wildman–Crippen MR) is 129 cm³/mol. The molecule has 4 aliphatic rings. The van der Waals surface area contributed by atoms with Gasteiger partial charge in [-0.1, -0.05) is 65.5 Å². The van der Waals surface area contributed by atoms with E-state index in [-0.39, 0.29) is 22.9 Å². The molecule has 0 radical (unpaired) electrons. The molecule has 3 heteroatoms. The summed E-state index contributed by atoms with van der Waals surface area (Å²) in [6.45, 7) is 13.4. The largest absolute Gasteiger partial charge is 0.463 e. The standard InChI is InChI=1S/C29H44O3/c1-18(2)8-7-9-19(3)23-10-11-24-27-25(13-15-29(23,24)6)28(5)14-12-22(32-20(4)30)16-21(28)17-26(27)31/h11,18-19,21-23H,7-10,12-17H2,1-6H3/t19-,21-,22+,23-,28+,29-/m1/s1. The van der Waals surface area contributed by atoms with Gasteiger partial charge < -0.3 is 4.74 Å². The van der Waals surface area contributed by atoms with Crippen molar-refractivity contribution < 1.29 is 14.3 Å². The van der Waals surface area contributed by atoms with Gasteiger partial charge in [0.25, 0.3) is 0 Å². The first kappa shape index (κ1) is 23.8. The lowest BCUT2D eigenvalue weighted by molar-refractivity contribution is -0.150. The highest BCUT2D eigenvalue weighted by Crippen LogP contribution is 2.63. The van der Waals surface area contributed by atoms with E-state index in [0.29, 0.717) is 30.0 Å². The quantitative estimate of drug-likeness (QED) is 0.410. The Labute approximate surface area is 195 Å². The van der Waals surface area contributed by atoms with Crippen LogP contribution in [0.4, 0.5) is 0 Å². The molecule has 0 aromatic rings. The minimum atomic E-state index is -0.196. The summed E-state index contributed by atoms with van der Waals surface area (Å²) in [5.41, 5.74) is 4.20. The zero-order valence-corrected chi connectivity index (χ0v) is 21.3. The van der Waals surface area contributed by atoms with Gasteiger partial charge >= 0.3 is 5.97 Å². The summed E-state index contributed by atoms with van der Waals surface area (Å²) in [6.07, 6.45) is 13.1. The van der Waals surface area contributed by atoms with E-state index in [0.717, 1.165) is 43.6 Å². The first-order chi connectivity index (χ1) is 15.1. The normalized spacial score (nSPS) is 37.5. The van der Waals surface area contributed by atoms with Crippen LogP contribution in [-0.4, -0.2) is 17.9 Å². The molecule has 0 aromatic heterocycles. The van der Waals surface area contributed by atoms with Crippen LogP contribution in [0.3, 0.4) is 0 Å². The molecule has 4 rings (SSSR count). The highest BCUT2D eigenvalue weighted by Gasteiger charge is 2.55. The maximum atomic E-state index is 13.6. The maximum Gasteiger partial charge on any atom is 0.302 e. The molecule has 0 bridgehead atoms. The SMILES string of the molecule is CC(=O)O[C@H]1CC[C@]2(C)C3=C(C(=O)C[C@H]2C1)C1=CC[C@H]([C@H](C)CCCC(C)C)[C@@]1(C)CC3. The molecule has 0 amide bonds. The minimum Gasteiger partial charge on any atom is -0.463 e. The number of rotatable bonds is 6. The number of esters is 1. The van der Waals surface area contributed by atoms with Crippen molar-refractivity contribution in [3.05, 3.63) is 22.8 Å². The molecule has 3 nitrogen and oxygen atoms in total. The number of Topliss-reactive ketones (excluding diaryl/α,β-unsaturated/α-hetero) is 1. The van der Waals surface area contributed by atoms with Gasteiger partial charge in [0, 0.05) is 18.9 Å². The number of allylic oxidation sites excluding steroid dienone is 4. The van der Waals surface area contributed by atoms with Crippen molar-refractivity contribution >= 4 is 11.8 Å². The highest BCUT2D eigenvalue weighted by molar-refractivity contribution is 6.02. The number of fused-ring (bicyclic) bond motifs is 4. The molecule has 0 heterocycles. The van der Waals surface area contributed by atoms with E-state index in [1.54, 1.807) is 0 Å². The first-order valence-corrected chi connectivity index (χ1v) is 13.2. The van der Waals surface area contributed by atoms with Gasteiger partial charge in [0.2, 0.25) is 0 Å². The Morgan fingerprint density at radius 1 is 1.16 bits per heavy atom. The molecule has 0 spiro atoms. The summed E-state index contributed by atoms with van der Waals surface area (Å²) < 4.78 is 5.55. The molecule has 1 saturated carbocycles. The Morgan fingerprint density at radius 2 is 1.91 bits per heavy atom. The average molecular weight is 441 g/mol. The van der Waals surface area contributed by atoms with E-state index < -0.39 is 0 Å². The number of hydrogen-bond donors (Lipinski definition) is 0. The molecule has 0 saturated heterocycles. The minimum absolute atomic E-state index is 0.0175. The van der Waals surface area contributed by atoms with E-state index >= 15 is 0 Å². The Bertz CT molecular complexity index is 833. The van der Waals surface area contributed by atoms with E-state index in [2.05, 4.69) is 40.7 Å². The van der Waals surface area contributed by atoms with E-state index in [9.17, 15) is 9.59 Å². The Balaban J connectivity index is 1.56. The Kier molecular flexibility index (Phi) is 6.51. The molecular weight excluding hydrogens is 396 g/mol. The van der Waals surface area contributed by atoms with Gasteiger partial charge in [-0.15, -0.1) is 0 Å². The molecule has 1 fully saturated rings. The summed E-state index contributed by atoms with van der Waals surface area (Å²) in [7, 11) is 0. The molecule has 178 valence electrons.